The summed E-state index contributed by atoms with van der Waals surface area (Å²) in [6.07, 6.45) is 0.774. The van der Waals surface area contributed by atoms with Crippen LogP contribution in [0.4, 0.5) is 0 Å². The fourth-order valence-corrected chi connectivity index (χ4v) is 1.73. The summed E-state index contributed by atoms with van der Waals surface area (Å²) in [5, 5.41) is 9.02. The largest absolute Gasteiger partial charge is 0.443 e. The molecule has 1 heterocycles. The van der Waals surface area contributed by atoms with Gasteiger partial charge in [0.2, 0.25) is 5.89 Å². The zero-order valence-corrected chi connectivity index (χ0v) is 9.53. The molecule has 0 amide bonds. The average Bonchev–Trinajstić information content (AvgIpc) is 2.72. The maximum absolute atomic E-state index is 9.02. The van der Waals surface area contributed by atoms with E-state index in [1.165, 1.54) is 5.56 Å². The first-order valence-electron chi connectivity index (χ1n) is 5.41. The molecule has 2 rings (SSSR count). The minimum Gasteiger partial charge on any atom is -0.443 e. The summed E-state index contributed by atoms with van der Waals surface area (Å²) in [5.74, 6) is 1.21. The third kappa shape index (κ3) is 1.99. The van der Waals surface area contributed by atoms with Gasteiger partial charge in [0.15, 0.2) is 0 Å². The summed E-state index contributed by atoms with van der Waals surface area (Å²) in [6.45, 7) is 3.90. The summed E-state index contributed by atoms with van der Waals surface area (Å²) in [4.78, 5) is 4.29. The zero-order valence-electron chi connectivity index (χ0n) is 9.53. The summed E-state index contributed by atoms with van der Waals surface area (Å²) in [6, 6.07) is 8.11. The number of rotatable bonds is 3. The lowest BCUT2D eigenvalue weighted by Gasteiger charge is -1.99. The summed E-state index contributed by atoms with van der Waals surface area (Å²) < 4.78 is 5.45. The van der Waals surface area contributed by atoms with Crippen LogP contribution in [0.25, 0.3) is 11.3 Å². The second-order valence-corrected chi connectivity index (χ2v) is 3.76. The van der Waals surface area contributed by atoms with Gasteiger partial charge in [-0.25, -0.2) is 4.98 Å². The van der Waals surface area contributed by atoms with Gasteiger partial charge in [-0.05, 0) is 13.0 Å². The molecule has 0 saturated carbocycles. The Labute approximate surface area is 94.8 Å². The van der Waals surface area contributed by atoms with Crippen LogP contribution in [-0.4, -0.2) is 10.1 Å². The van der Waals surface area contributed by atoms with Crippen molar-refractivity contribution in [3.05, 3.63) is 41.5 Å². The molecule has 16 heavy (non-hydrogen) atoms. The van der Waals surface area contributed by atoms with Crippen LogP contribution in [0.2, 0.25) is 0 Å². The molecule has 1 aromatic heterocycles. The van der Waals surface area contributed by atoms with E-state index in [1.807, 2.05) is 32.0 Å². The van der Waals surface area contributed by atoms with Gasteiger partial charge in [0.1, 0.15) is 18.1 Å². The predicted molar refractivity (Wildman–Crippen MR) is 62.0 cm³/mol. The first-order chi connectivity index (χ1) is 7.74. The fraction of sp³-hybridized carbons (Fsp3) is 0.308. The number of aliphatic hydroxyl groups is 1. The quantitative estimate of drug-likeness (QED) is 0.859. The minimum absolute atomic E-state index is 0.154. The third-order valence-corrected chi connectivity index (χ3v) is 2.49. The van der Waals surface area contributed by atoms with Crippen molar-refractivity contribution in [3.63, 3.8) is 0 Å². The molecule has 0 bridgehead atoms. The first-order valence-corrected chi connectivity index (χ1v) is 5.41. The van der Waals surface area contributed by atoms with Crippen molar-refractivity contribution in [2.45, 2.75) is 26.9 Å². The Morgan fingerprint density at radius 1 is 1.38 bits per heavy atom. The number of nitrogens with zero attached hydrogens (tertiary/aromatic N) is 1. The van der Waals surface area contributed by atoms with E-state index in [0.717, 1.165) is 23.4 Å². The maximum Gasteiger partial charge on any atom is 0.220 e. The Balaban J connectivity index is 2.50. The maximum atomic E-state index is 9.02. The molecular formula is C13H15NO2. The van der Waals surface area contributed by atoms with Crippen molar-refractivity contribution in [1.82, 2.24) is 4.98 Å². The van der Waals surface area contributed by atoms with E-state index >= 15 is 0 Å². The number of aromatic nitrogens is 1. The van der Waals surface area contributed by atoms with E-state index in [4.69, 9.17) is 9.52 Å². The second-order valence-electron chi connectivity index (χ2n) is 3.76. The first kappa shape index (κ1) is 10.9. The third-order valence-electron chi connectivity index (χ3n) is 2.49. The van der Waals surface area contributed by atoms with Gasteiger partial charge in [-0.15, -0.1) is 0 Å². The molecule has 0 aliphatic heterocycles. The van der Waals surface area contributed by atoms with Crippen LogP contribution in [0.5, 0.6) is 0 Å². The zero-order chi connectivity index (χ0) is 11.5. The molecule has 2 aromatic rings. The number of hydrogen-bond acceptors (Lipinski definition) is 3. The molecule has 0 radical (unpaired) electrons. The normalized spacial score (nSPS) is 10.7. The van der Waals surface area contributed by atoms with Crippen molar-refractivity contribution in [2.75, 3.05) is 0 Å². The van der Waals surface area contributed by atoms with E-state index in [2.05, 4.69) is 11.1 Å². The Morgan fingerprint density at radius 3 is 2.81 bits per heavy atom. The lowest BCUT2D eigenvalue weighted by Crippen LogP contribution is -1.85. The van der Waals surface area contributed by atoms with Crippen molar-refractivity contribution in [1.29, 1.82) is 0 Å². The molecule has 0 fully saturated rings. The molecule has 0 saturated heterocycles. The van der Waals surface area contributed by atoms with E-state index in [9.17, 15) is 0 Å². The highest BCUT2D eigenvalue weighted by molar-refractivity contribution is 5.62. The van der Waals surface area contributed by atoms with Crippen LogP contribution in [0.3, 0.4) is 0 Å². The topological polar surface area (TPSA) is 46.3 Å². The summed E-state index contributed by atoms with van der Waals surface area (Å²) in [5.41, 5.74) is 3.07. The van der Waals surface area contributed by atoms with E-state index in [-0.39, 0.29) is 6.61 Å². The van der Waals surface area contributed by atoms with Gasteiger partial charge >= 0.3 is 0 Å². The van der Waals surface area contributed by atoms with Crippen molar-refractivity contribution >= 4 is 0 Å². The molecular weight excluding hydrogens is 202 g/mol. The highest BCUT2D eigenvalue weighted by Crippen LogP contribution is 2.25. The van der Waals surface area contributed by atoms with Gasteiger partial charge in [-0.1, -0.05) is 30.7 Å². The molecule has 0 atom stereocenters. The lowest BCUT2D eigenvalue weighted by atomic mass is 10.1. The van der Waals surface area contributed by atoms with Crippen LogP contribution >= 0.6 is 0 Å². The summed E-state index contributed by atoms with van der Waals surface area (Å²) in [7, 11) is 0. The molecule has 3 nitrogen and oxygen atoms in total. The highest BCUT2D eigenvalue weighted by Gasteiger charge is 2.12. The molecule has 0 spiro atoms. The molecule has 0 aliphatic rings. The monoisotopic (exact) mass is 217 g/mol. The van der Waals surface area contributed by atoms with E-state index < -0.39 is 0 Å². The van der Waals surface area contributed by atoms with Crippen LogP contribution in [0.15, 0.2) is 28.7 Å². The van der Waals surface area contributed by atoms with Gasteiger partial charge < -0.3 is 9.52 Å². The molecule has 3 heteroatoms. The van der Waals surface area contributed by atoms with E-state index in [0.29, 0.717) is 5.89 Å². The van der Waals surface area contributed by atoms with Gasteiger partial charge in [0, 0.05) is 12.0 Å². The second kappa shape index (κ2) is 4.49. The van der Waals surface area contributed by atoms with Gasteiger partial charge in [0.05, 0.1) is 0 Å². The highest BCUT2D eigenvalue weighted by atomic mass is 16.4. The minimum atomic E-state index is -0.154. The Kier molecular flexibility index (Phi) is 3.06. The molecule has 84 valence electrons. The van der Waals surface area contributed by atoms with Crippen LogP contribution in [-0.2, 0) is 13.0 Å². The van der Waals surface area contributed by atoms with Gasteiger partial charge in [0.25, 0.3) is 0 Å². The smallest absolute Gasteiger partial charge is 0.220 e. The number of aryl methyl sites for hydroxylation is 2. The van der Waals surface area contributed by atoms with Crippen molar-refractivity contribution in [3.8, 4) is 11.3 Å². The number of hydrogen-bond donors (Lipinski definition) is 1. The van der Waals surface area contributed by atoms with Gasteiger partial charge in [-0.2, -0.15) is 0 Å². The fourth-order valence-electron chi connectivity index (χ4n) is 1.73. The molecule has 1 N–H and O–H groups in total. The van der Waals surface area contributed by atoms with E-state index in [1.54, 1.807) is 0 Å². The Hall–Kier alpha value is -1.61. The van der Waals surface area contributed by atoms with Crippen LogP contribution in [0.1, 0.15) is 24.1 Å². The average molecular weight is 217 g/mol. The van der Waals surface area contributed by atoms with Crippen molar-refractivity contribution in [2.24, 2.45) is 0 Å². The van der Waals surface area contributed by atoms with Gasteiger partial charge in [-0.3, -0.25) is 0 Å². The number of aliphatic hydroxyl groups excluding tert-OH is 1. The standard InChI is InChI=1S/C13H15NO2/c1-3-11-13(14-12(8-15)16-11)10-6-4-5-9(2)7-10/h4-7,15H,3,8H2,1-2H3. The van der Waals surface area contributed by atoms with Crippen LogP contribution < -0.4 is 0 Å². The van der Waals surface area contributed by atoms with Crippen LogP contribution in [0, 0.1) is 6.92 Å². The number of benzene rings is 1. The molecule has 1 aromatic carbocycles. The van der Waals surface area contributed by atoms with Crippen molar-refractivity contribution < 1.29 is 9.52 Å². The predicted octanol–water partition coefficient (Wildman–Crippen LogP) is 2.70. The number of oxazole rings is 1. The summed E-state index contributed by atoms with van der Waals surface area (Å²) >= 11 is 0. The SMILES string of the molecule is CCc1oc(CO)nc1-c1cccc(C)c1. The Morgan fingerprint density at radius 2 is 2.19 bits per heavy atom. The lowest BCUT2D eigenvalue weighted by molar-refractivity contribution is 0.237. The molecule has 0 aliphatic carbocycles. The molecule has 0 unspecified atom stereocenters. The Bertz CT molecular complexity index is 488.